The molecule has 1 heterocycles. The molecule has 2 aromatic rings. The van der Waals surface area contributed by atoms with Gasteiger partial charge in [0, 0.05) is 19.3 Å². The molecule has 0 aliphatic carbocycles. The average molecular weight is 249 g/mol. The molecule has 0 aliphatic rings. The summed E-state index contributed by atoms with van der Waals surface area (Å²) in [7, 11) is 2.09. The molecule has 0 saturated heterocycles. The number of rotatable bonds is 2. The third kappa shape index (κ3) is 2.88. The Labute approximate surface area is 106 Å². The van der Waals surface area contributed by atoms with Gasteiger partial charge in [0.25, 0.3) is 0 Å². The van der Waals surface area contributed by atoms with Crippen LogP contribution in [0.5, 0.6) is 0 Å². The van der Waals surface area contributed by atoms with Crippen LogP contribution in [0, 0.1) is 5.41 Å². The van der Waals surface area contributed by atoms with E-state index in [0.29, 0.717) is 0 Å². The lowest BCUT2D eigenvalue weighted by atomic mass is 9.96. The zero-order chi connectivity index (χ0) is 12.6. The minimum Gasteiger partial charge on any atom is -0.399 e. The molecule has 0 aliphatic heterocycles. The second kappa shape index (κ2) is 4.18. The summed E-state index contributed by atoms with van der Waals surface area (Å²) in [6, 6.07) is 5.87. The first-order valence-corrected chi connectivity index (χ1v) is 6.54. The Bertz CT molecular complexity index is 525. The first kappa shape index (κ1) is 12.2. The van der Waals surface area contributed by atoms with Gasteiger partial charge in [-0.05, 0) is 23.6 Å². The van der Waals surface area contributed by atoms with Gasteiger partial charge < -0.3 is 10.6 Å². The molecule has 0 fully saturated rings. The van der Waals surface area contributed by atoms with E-state index in [-0.39, 0.29) is 5.41 Å². The second-order valence-corrected chi connectivity index (χ2v) is 6.65. The lowest BCUT2D eigenvalue weighted by Crippen LogP contribution is -2.28. The summed E-state index contributed by atoms with van der Waals surface area (Å²) < 4.78 is 1.15. The van der Waals surface area contributed by atoms with E-state index < -0.39 is 0 Å². The fourth-order valence-electron chi connectivity index (χ4n) is 1.87. The van der Waals surface area contributed by atoms with Crippen LogP contribution in [0.25, 0.3) is 10.2 Å². The fraction of sp³-hybridized carbons (Fsp3) is 0.462. The standard InChI is InChI=1S/C13H19N3S/c1-13(2,3)8-16(4)12-15-10-6-5-9(14)7-11(10)17-12/h5-7H,8,14H2,1-4H3. The molecule has 0 amide bonds. The molecule has 1 aromatic heterocycles. The van der Waals surface area contributed by atoms with Crippen LogP contribution in [0.4, 0.5) is 10.8 Å². The summed E-state index contributed by atoms with van der Waals surface area (Å²) in [6.45, 7) is 7.68. The molecule has 2 rings (SSSR count). The Kier molecular flexibility index (Phi) is 3.00. The van der Waals surface area contributed by atoms with Crippen molar-refractivity contribution in [3.05, 3.63) is 18.2 Å². The number of nitrogens with two attached hydrogens (primary N) is 1. The minimum absolute atomic E-state index is 0.269. The first-order valence-electron chi connectivity index (χ1n) is 5.72. The van der Waals surface area contributed by atoms with Crippen LogP contribution in [-0.4, -0.2) is 18.6 Å². The lowest BCUT2D eigenvalue weighted by molar-refractivity contribution is 0.419. The maximum Gasteiger partial charge on any atom is 0.186 e. The van der Waals surface area contributed by atoms with Gasteiger partial charge in [0.15, 0.2) is 5.13 Å². The molecule has 2 N–H and O–H groups in total. The van der Waals surface area contributed by atoms with Gasteiger partial charge in [0.1, 0.15) is 0 Å². The van der Waals surface area contributed by atoms with Crippen molar-refractivity contribution >= 4 is 32.4 Å². The molecule has 3 nitrogen and oxygen atoms in total. The number of nitrogen functional groups attached to an aromatic ring is 1. The van der Waals surface area contributed by atoms with Crippen molar-refractivity contribution in [1.29, 1.82) is 0 Å². The van der Waals surface area contributed by atoms with Crippen LogP contribution in [0.1, 0.15) is 20.8 Å². The molecule has 17 heavy (non-hydrogen) atoms. The van der Waals surface area contributed by atoms with E-state index in [1.807, 2.05) is 18.2 Å². The maximum atomic E-state index is 5.78. The number of benzene rings is 1. The second-order valence-electron chi connectivity index (χ2n) is 5.64. The largest absolute Gasteiger partial charge is 0.399 e. The summed E-state index contributed by atoms with van der Waals surface area (Å²) in [5.74, 6) is 0. The van der Waals surface area contributed by atoms with Crippen LogP contribution in [-0.2, 0) is 0 Å². The van der Waals surface area contributed by atoms with Gasteiger partial charge in [-0.3, -0.25) is 0 Å². The number of nitrogens with zero attached hydrogens (tertiary/aromatic N) is 2. The first-order chi connectivity index (χ1) is 7.85. The summed E-state index contributed by atoms with van der Waals surface area (Å²) in [6.07, 6.45) is 0. The molecular weight excluding hydrogens is 230 g/mol. The van der Waals surface area contributed by atoms with Gasteiger partial charge in [-0.15, -0.1) is 0 Å². The van der Waals surface area contributed by atoms with Gasteiger partial charge in [-0.1, -0.05) is 32.1 Å². The minimum atomic E-state index is 0.269. The van der Waals surface area contributed by atoms with Crippen LogP contribution < -0.4 is 10.6 Å². The highest BCUT2D eigenvalue weighted by Crippen LogP contribution is 2.30. The molecule has 1 aromatic carbocycles. The van der Waals surface area contributed by atoms with E-state index >= 15 is 0 Å². The molecule has 0 radical (unpaired) electrons. The Balaban J connectivity index is 2.30. The summed E-state index contributed by atoms with van der Waals surface area (Å²) in [4.78, 5) is 6.84. The molecule has 0 spiro atoms. The Morgan fingerprint density at radius 1 is 1.35 bits per heavy atom. The van der Waals surface area contributed by atoms with Crippen molar-refractivity contribution in [3.63, 3.8) is 0 Å². The Hall–Kier alpha value is -1.29. The van der Waals surface area contributed by atoms with Crippen molar-refractivity contribution in [1.82, 2.24) is 4.98 Å². The van der Waals surface area contributed by atoms with Crippen LogP contribution in [0.2, 0.25) is 0 Å². The van der Waals surface area contributed by atoms with Crippen molar-refractivity contribution < 1.29 is 0 Å². The van der Waals surface area contributed by atoms with Gasteiger partial charge in [0.2, 0.25) is 0 Å². The average Bonchev–Trinajstić information content (AvgIpc) is 2.57. The summed E-state index contributed by atoms with van der Waals surface area (Å²) >= 11 is 1.70. The SMILES string of the molecule is CN(CC(C)(C)C)c1nc2ccc(N)cc2s1. The Morgan fingerprint density at radius 3 is 2.71 bits per heavy atom. The third-order valence-corrected chi connectivity index (χ3v) is 3.57. The lowest BCUT2D eigenvalue weighted by Gasteiger charge is -2.25. The van der Waals surface area contributed by atoms with Crippen molar-refractivity contribution in [2.45, 2.75) is 20.8 Å². The molecule has 4 heteroatoms. The van der Waals surface area contributed by atoms with Gasteiger partial charge in [-0.25, -0.2) is 4.98 Å². The van der Waals surface area contributed by atoms with Crippen LogP contribution in [0.15, 0.2) is 18.2 Å². The van der Waals surface area contributed by atoms with E-state index in [1.165, 1.54) is 0 Å². The van der Waals surface area contributed by atoms with Crippen LogP contribution >= 0.6 is 11.3 Å². The van der Waals surface area contributed by atoms with E-state index in [0.717, 1.165) is 27.6 Å². The zero-order valence-corrected chi connectivity index (χ0v) is 11.6. The summed E-state index contributed by atoms with van der Waals surface area (Å²) in [5, 5.41) is 1.06. The number of thiazole rings is 1. The van der Waals surface area contributed by atoms with Gasteiger partial charge in [0.05, 0.1) is 10.2 Å². The van der Waals surface area contributed by atoms with Crippen molar-refractivity contribution in [2.75, 3.05) is 24.2 Å². The molecular formula is C13H19N3S. The smallest absolute Gasteiger partial charge is 0.186 e. The quantitative estimate of drug-likeness (QED) is 0.830. The molecule has 0 saturated carbocycles. The predicted molar refractivity (Wildman–Crippen MR) is 76.8 cm³/mol. The number of hydrogen-bond acceptors (Lipinski definition) is 4. The number of anilines is 2. The monoisotopic (exact) mass is 249 g/mol. The highest BCUT2D eigenvalue weighted by Gasteiger charge is 2.16. The topological polar surface area (TPSA) is 42.2 Å². The van der Waals surface area contributed by atoms with E-state index in [9.17, 15) is 0 Å². The van der Waals surface area contributed by atoms with Crippen molar-refractivity contribution in [2.24, 2.45) is 5.41 Å². The normalized spacial score (nSPS) is 12.0. The molecule has 92 valence electrons. The van der Waals surface area contributed by atoms with Gasteiger partial charge >= 0.3 is 0 Å². The highest BCUT2D eigenvalue weighted by atomic mass is 32.1. The fourth-order valence-corrected chi connectivity index (χ4v) is 2.85. The third-order valence-electron chi connectivity index (χ3n) is 2.44. The predicted octanol–water partition coefficient (Wildman–Crippen LogP) is 3.36. The van der Waals surface area contributed by atoms with Gasteiger partial charge in [-0.2, -0.15) is 0 Å². The van der Waals surface area contributed by atoms with E-state index in [4.69, 9.17) is 5.73 Å². The highest BCUT2D eigenvalue weighted by molar-refractivity contribution is 7.22. The molecule has 0 atom stereocenters. The van der Waals surface area contributed by atoms with E-state index in [1.54, 1.807) is 11.3 Å². The summed E-state index contributed by atoms with van der Waals surface area (Å²) in [5.41, 5.74) is 7.87. The maximum absolute atomic E-state index is 5.78. The molecule has 0 bridgehead atoms. The number of aromatic nitrogens is 1. The Morgan fingerprint density at radius 2 is 2.06 bits per heavy atom. The molecule has 0 unspecified atom stereocenters. The number of fused-ring (bicyclic) bond motifs is 1. The zero-order valence-electron chi connectivity index (χ0n) is 10.8. The number of hydrogen-bond donors (Lipinski definition) is 1. The van der Waals surface area contributed by atoms with Crippen molar-refractivity contribution in [3.8, 4) is 0 Å². The van der Waals surface area contributed by atoms with Crippen LogP contribution in [0.3, 0.4) is 0 Å². The van der Waals surface area contributed by atoms with E-state index in [2.05, 4.69) is 37.7 Å².